The molecule has 120 valence electrons. The molecule has 0 amide bonds. The highest BCUT2D eigenvalue weighted by Gasteiger charge is 2.69. The van der Waals surface area contributed by atoms with E-state index in [0.29, 0.717) is 18.4 Å². The number of rotatable bonds is 1. The van der Waals surface area contributed by atoms with E-state index in [1.165, 1.54) is 25.7 Å². The first-order valence-corrected chi connectivity index (χ1v) is 8.83. The zero-order valence-electron chi connectivity index (χ0n) is 13.8. The standard InChI is InChI=1S/C18H30O3/c1-13-9-10-15-17(2,3)18(21-15,16(19)20-12-11-13)14-7-5-4-6-8-14/h13-15H,4-12H2,1-3H3/t13-,15+,18+/m1/s1. The zero-order chi connectivity index (χ0) is 15.1. The SMILES string of the molecule is C[C@H]1CCOC(=O)[C@]2(C3CCCCC3)O[C@@H](CC1)C2(C)C. The fourth-order valence-corrected chi connectivity index (χ4v) is 4.77. The molecule has 0 aromatic heterocycles. The van der Waals surface area contributed by atoms with Gasteiger partial charge in [-0.1, -0.05) is 40.0 Å². The third-order valence-corrected chi connectivity index (χ3v) is 6.34. The predicted molar refractivity (Wildman–Crippen MR) is 81.9 cm³/mol. The predicted octanol–water partition coefficient (Wildman–Crippen LogP) is 4.09. The molecule has 0 N–H and O–H groups in total. The van der Waals surface area contributed by atoms with E-state index in [1.54, 1.807) is 0 Å². The molecule has 3 heterocycles. The minimum Gasteiger partial charge on any atom is -0.464 e. The molecule has 0 spiro atoms. The molecule has 0 radical (unpaired) electrons. The summed E-state index contributed by atoms with van der Waals surface area (Å²) in [6.45, 7) is 7.25. The summed E-state index contributed by atoms with van der Waals surface area (Å²) in [5, 5.41) is 0. The van der Waals surface area contributed by atoms with Crippen LogP contribution < -0.4 is 0 Å². The molecule has 3 atom stereocenters. The van der Waals surface area contributed by atoms with Gasteiger partial charge in [0, 0.05) is 5.41 Å². The molecule has 0 aromatic carbocycles. The summed E-state index contributed by atoms with van der Waals surface area (Å²) in [5.74, 6) is 0.881. The molecule has 21 heavy (non-hydrogen) atoms. The van der Waals surface area contributed by atoms with Crippen LogP contribution in [0.5, 0.6) is 0 Å². The minimum atomic E-state index is -0.668. The lowest BCUT2D eigenvalue weighted by Crippen LogP contribution is -2.74. The molecule has 1 aliphatic carbocycles. The Labute approximate surface area is 128 Å². The monoisotopic (exact) mass is 294 g/mol. The number of hydrogen-bond acceptors (Lipinski definition) is 3. The number of carbonyl (C=O) groups is 1. The number of carbonyl (C=O) groups excluding carboxylic acids is 1. The van der Waals surface area contributed by atoms with Gasteiger partial charge in [-0.05, 0) is 43.9 Å². The highest BCUT2D eigenvalue weighted by molar-refractivity contribution is 5.83. The second-order valence-corrected chi connectivity index (χ2v) is 8.01. The van der Waals surface area contributed by atoms with E-state index < -0.39 is 5.60 Å². The lowest BCUT2D eigenvalue weighted by Gasteiger charge is -2.63. The fraction of sp³-hybridized carbons (Fsp3) is 0.944. The number of esters is 1. The number of fused-ring (bicyclic) bond motifs is 6. The summed E-state index contributed by atoms with van der Waals surface area (Å²) in [6.07, 6.45) is 9.42. The van der Waals surface area contributed by atoms with Crippen molar-refractivity contribution in [3.63, 3.8) is 0 Å². The van der Waals surface area contributed by atoms with Gasteiger partial charge >= 0.3 is 5.97 Å². The van der Waals surface area contributed by atoms with Crippen LogP contribution in [0.2, 0.25) is 0 Å². The molecule has 2 bridgehead atoms. The minimum absolute atomic E-state index is 0.0789. The Hall–Kier alpha value is -0.570. The highest BCUT2D eigenvalue weighted by Crippen LogP contribution is 2.59. The Bertz CT molecular complexity index is 397. The summed E-state index contributed by atoms with van der Waals surface area (Å²) >= 11 is 0. The van der Waals surface area contributed by atoms with E-state index in [2.05, 4.69) is 20.8 Å². The van der Waals surface area contributed by atoms with Crippen molar-refractivity contribution >= 4 is 5.97 Å². The average molecular weight is 294 g/mol. The first-order valence-electron chi connectivity index (χ1n) is 8.83. The van der Waals surface area contributed by atoms with Gasteiger partial charge in [0.2, 0.25) is 0 Å². The van der Waals surface area contributed by atoms with Crippen LogP contribution in [0.15, 0.2) is 0 Å². The number of hydrogen-bond donors (Lipinski definition) is 0. The molecule has 0 unspecified atom stereocenters. The van der Waals surface area contributed by atoms with Gasteiger partial charge in [0.15, 0.2) is 5.60 Å². The first kappa shape index (κ1) is 15.3. The summed E-state index contributed by atoms with van der Waals surface area (Å²) in [6, 6.07) is 0. The lowest BCUT2D eigenvalue weighted by molar-refractivity contribution is -0.327. The van der Waals surface area contributed by atoms with E-state index in [-0.39, 0.29) is 17.5 Å². The van der Waals surface area contributed by atoms with Crippen molar-refractivity contribution in [2.45, 2.75) is 83.8 Å². The van der Waals surface area contributed by atoms with Crippen molar-refractivity contribution in [2.24, 2.45) is 17.3 Å². The first-order chi connectivity index (χ1) is 9.98. The van der Waals surface area contributed by atoms with Crippen LogP contribution >= 0.6 is 0 Å². The Kier molecular flexibility index (Phi) is 4.06. The summed E-state index contributed by atoms with van der Waals surface area (Å²) in [4.78, 5) is 12.9. The quantitative estimate of drug-likeness (QED) is 0.683. The van der Waals surface area contributed by atoms with Gasteiger partial charge in [0.25, 0.3) is 0 Å². The highest BCUT2D eigenvalue weighted by atomic mass is 16.6. The Morgan fingerprint density at radius 3 is 2.38 bits per heavy atom. The van der Waals surface area contributed by atoms with Crippen molar-refractivity contribution in [3.05, 3.63) is 0 Å². The van der Waals surface area contributed by atoms with Crippen LogP contribution in [0.4, 0.5) is 0 Å². The van der Waals surface area contributed by atoms with Crippen LogP contribution in [0.3, 0.4) is 0 Å². The van der Waals surface area contributed by atoms with E-state index in [4.69, 9.17) is 9.47 Å². The Balaban J connectivity index is 1.87. The molecular formula is C18H30O3. The van der Waals surface area contributed by atoms with Crippen LogP contribution in [0.1, 0.15) is 72.1 Å². The van der Waals surface area contributed by atoms with Gasteiger partial charge in [0.05, 0.1) is 12.7 Å². The molecule has 3 nitrogen and oxygen atoms in total. The topological polar surface area (TPSA) is 35.5 Å². The Morgan fingerprint density at radius 2 is 1.71 bits per heavy atom. The molecule has 3 heteroatoms. The second kappa shape index (κ2) is 5.57. The molecule has 3 aliphatic heterocycles. The van der Waals surface area contributed by atoms with Gasteiger partial charge in [-0.3, -0.25) is 0 Å². The van der Waals surface area contributed by atoms with Crippen LogP contribution in [0.25, 0.3) is 0 Å². The zero-order valence-corrected chi connectivity index (χ0v) is 13.8. The third kappa shape index (κ3) is 2.32. The normalized spacial score (nSPS) is 41.0. The summed E-state index contributed by atoms with van der Waals surface area (Å²) in [7, 11) is 0. The van der Waals surface area contributed by atoms with E-state index >= 15 is 0 Å². The van der Waals surface area contributed by atoms with Gasteiger partial charge in [-0.25, -0.2) is 4.79 Å². The molecule has 4 fully saturated rings. The smallest absolute Gasteiger partial charge is 0.339 e. The van der Waals surface area contributed by atoms with Crippen molar-refractivity contribution < 1.29 is 14.3 Å². The van der Waals surface area contributed by atoms with Crippen molar-refractivity contribution in [3.8, 4) is 0 Å². The molecule has 4 aliphatic rings. The molecular weight excluding hydrogens is 264 g/mol. The second-order valence-electron chi connectivity index (χ2n) is 8.01. The number of ether oxygens (including phenoxy) is 2. The van der Waals surface area contributed by atoms with Crippen molar-refractivity contribution in [1.82, 2.24) is 0 Å². The maximum absolute atomic E-state index is 12.9. The van der Waals surface area contributed by atoms with E-state index in [0.717, 1.165) is 25.7 Å². The van der Waals surface area contributed by atoms with Crippen LogP contribution in [0, 0.1) is 17.3 Å². The van der Waals surface area contributed by atoms with Crippen LogP contribution in [-0.4, -0.2) is 24.3 Å². The molecule has 1 saturated carbocycles. The average Bonchev–Trinajstić information content (AvgIpc) is 2.47. The molecule has 3 saturated heterocycles. The maximum atomic E-state index is 12.9. The third-order valence-electron chi connectivity index (χ3n) is 6.34. The fourth-order valence-electron chi connectivity index (χ4n) is 4.77. The summed E-state index contributed by atoms with van der Waals surface area (Å²) in [5.41, 5.74) is -0.762. The van der Waals surface area contributed by atoms with Crippen molar-refractivity contribution in [1.29, 1.82) is 0 Å². The maximum Gasteiger partial charge on any atom is 0.339 e. The van der Waals surface area contributed by atoms with Crippen LogP contribution in [-0.2, 0) is 14.3 Å². The largest absolute Gasteiger partial charge is 0.464 e. The van der Waals surface area contributed by atoms with Gasteiger partial charge in [0.1, 0.15) is 0 Å². The Morgan fingerprint density at radius 1 is 1.00 bits per heavy atom. The van der Waals surface area contributed by atoms with Gasteiger partial charge in [-0.15, -0.1) is 0 Å². The van der Waals surface area contributed by atoms with E-state index in [1.807, 2.05) is 0 Å². The molecule has 0 aromatic rings. The summed E-state index contributed by atoms with van der Waals surface area (Å²) < 4.78 is 12.0. The lowest BCUT2D eigenvalue weighted by atomic mass is 9.56. The van der Waals surface area contributed by atoms with Gasteiger partial charge < -0.3 is 9.47 Å². The molecule has 4 rings (SSSR count). The van der Waals surface area contributed by atoms with E-state index in [9.17, 15) is 4.79 Å². The van der Waals surface area contributed by atoms with Crippen molar-refractivity contribution in [2.75, 3.05) is 6.61 Å². The van der Waals surface area contributed by atoms with Gasteiger partial charge in [-0.2, -0.15) is 0 Å².